The van der Waals surface area contributed by atoms with Gasteiger partial charge in [0.1, 0.15) is 0 Å². The molecule has 0 fully saturated rings. The molecule has 0 atom stereocenters. The lowest BCUT2D eigenvalue weighted by atomic mass is 10.1. The second kappa shape index (κ2) is 4.48. The Morgan fingerprint density at radius 2 is 1.60 bits per heavy atom. The fourth-order valence-electron chi connectivity index (χ4n) is 1.41. The lowest BCUT2D eigenvalue weighted by Gasteiger charge is -2.07. The van der Waals surface area contributed by atoms with E-state index in [2.05, 4.69) is 12.6 Å². The molecule has 0 amide bonds. The number of hydrogen-bond acceptors (Lipinski definition) is 1. The second-order valence-corrected chi connectivity index (χ2v) is 4.47. The summed E-state index contributed by atoms with van der Waals surface area (Å²) >= 11 is 16.3. The Labute approximate surface area is 104 Å². The van der Waals surface area contributed by atoms with E-state index in [0.29, 0.717) is 10.0 Å². The summed E-state index contributed by atoms with van der Waals surface area (Å²) in [5.41, 5.74) is 1.97. The van der Waals surface area contributed by atoms with Crippen LogP contribution in [-0.2, 0) is 0 Å². The Hall–Kier alpha value is -0.630. The quantitative estimate of drug-likeness (QED) is 0.685. The van der Waals surface area contributed by atoms with Gasteiger partial charge in [-0.2, -0.15) is 0 Å². The van der Waals surface area contributed by atoms with Crippen molar-refractivity contribution in [1.82, 2.24) is 0 Å². The molecule has 2 rings (SSSR count). The summed E-state index contributed by atoms with van der Waals surface area (Å²) in [5.74, 6) is 0. The molecule has 15 heavy (non-hydrogen) atoms. The fraction of sp³-hybridized carbons (Fsp3) is 0. The Kier molecular flexibility index (Phi) is 3.25. The molecule has 0 radical (unpaired) electrons. The molecule has 0 saturated heterocycles. The van der Waals surface area contributed by atoms with Crippen molar-refractivity contribution < 1.29 is 0 Å². The zero-order chi connectivity index (χ0) is 10.8. The Morgan fingerprint density at radius 1 is 0.867 bits per heavy atom. The molecule has 2 aromatic rings. The van der Waals surface area contributed by atoms with Gasteiger partial charge in [-0.3, -0.25) is 0 Å². The van der Waals surface area contributed by atoms with Gasteiger partial charge in [-0.05, 0) is 23.8 Å². The summed E-state index contributed by atoms with van der Waals surface area (Å²) in [6, 6.07) is 13.3. The molecular weight excluding hydrogens is 247 g/mol. The van der Waals surface area contributed by atoms with Gasteiger partial charge in [0.15, 0.2) is 0 Å². The minimum atomic E-state index is 0.639. The molecule has 0 bridgehead atoms. The highest BCUT2D eigenvalue weighted by atomic mass is 35.5. The van der Waals surface area contributed by atoms with Crippen LogP contribution in [0.25, 0.3) is 11.1 Å². The van der Waals surface area contributed by atoms with Crippen LogP contribution in [0.5, 0.6) is 0 Å². The topological polar surface area (TPSA) is 0 Å². The van der Waals surface area contributed by atoms with Crippen LogP contribution in [0.1, 0.15) is 0 Å². The van der Waals surface area contributed by atoms with Crippen molar-refractivity contribution in [2.24, 2.45) is 0 Å². The van der Waals surface area contributed by atoms with Gasteiger partial charge >= 0.3 is 0 Å². The minimum Gasteiger partial charge on any atom is -0.143 e. The van der Waals surface area contributed by atoms with Gasteiger partial charge < -0.3 is 0 Å². The van der Waals surface area contributed by atoms with Gasteiger partial charge in [-0.15, -0.1) is 12.6 Å². The molecule has 3 heteroatoms. The van der Waals surface area contributed by atoms with E-state index in [0.717, 1.165) is 16.0 Å². The number of rotatable bonds is 1. The number of halogens is 2. The summed E-state index contributed by atoms with van der Waals surface area (Å²) in [6.07, 6.45) is 0. The second-order valence-electron chi connectivity index (χ2n) is 3.14. The van der Waals surface area contributed by atoms with Crippen LogP contribution in [0, 0.1) is 0 Å². The van der Waals surface area contributed by atoms with Gasteiger partial charge in [0.05, 0.1) is 0 Å². The Balaban J connectivity index is 2.60. The molecule has 0 saturated carbocycles. The van der Waals surface area contributed by atoms with Crippen LogP contribution in [0.15, 0.2) is 47.4 Å². The molecule has 0 aliphatic rings. The van der Waals surface area contributed by atoms with Crippen molar-refractivity contribution >= 4 is 35.8 Å². The van der Waals surface area contributed by atoms with Gasteiger partial charge in [0.25, 0.3) is 0 Å². The Morgan fingerprint density at radius 3 is 2.27 bits per heavy atom. The van der Waals surface area contributed by atoms with E-state index < -0.39 is 0 Å². The van der Waals surface area contributed by atoms with Gasteiger partial charge in [0, 0.05) is 20.5 Å². The molecular formula is C12H8Cl2S. The summed E-state index contributed by atoms with van der Waals surface area (Å²) in [5, 5.41) is 1.28. The van der Waals surface area contributed by atoms with Gasteiger partial charge in [-0.1, -0.05) is 47.5 Å². The zero-order valence-electron chi connectivity index (χ0n) is 7.74. The molecule has 0 aliphatic carbocycles. The van der Waals surface area contributed by atoms with Crippen molar-refractivity contribution in [1.29, 1.82) is 0 Å². The van der Waals surface area contributed by atoms with Crippen molar-refractivity contribution in [3.63, 3.8) is 0 Å². The lowest BCUT2D eigenvalue weighted by Crippen LogP contribution is -1.81. The highest BCUT2D eigenvalue weighted by Crippen LogP contribution is 2.33. The third-order valence-electron chi connectivity index (χ3n) is 2.13. The standard InChI is InChI=1S/C12H8Cl2S/c13-8-5-6-9(11(14)7-8)10-3-1-2-4-12(10)15/h1-7,15H. The first-order valence-corrected chi connectivity index (χ1v) is 5.62. The smallest absolute Gasteiger partial charge is 0.0499 e. The highest BCUT2D eigenvalue weighted by Gasteiger charge is 2.06. The average molecular weight is 255 g/mol. The van der Waals surface area contributed by atoms with Crippen LogP contribution in [0.2, 0.25) is 10.0 Å². The molecule has 0 N–H and O–H groups in total. The maximum atomic E-state index is 6.12. The molecule has 0 aliphatic heterocycles. The highest BCUT2D eigenvalue weighted by molar-refractivity contribution is 7.80. The predicted molar refractivity (Wildman–Crippen MR) is 69.2 cm³/mol. The van der Waals surface area contributed by atoms with Crippen LogP contribution in [-0.4, -0.2) is 0 Å². The molecule has 76 valence electrons. The average Bonchev–Trinajstić information content (AvgIpc) is 2.20. The fourth-order valence-corrected chi connectivity index (χ4v) is 2.20. The van der Waals surface area contributed by atoms with Crippen LogP contribution in [0.4, 0.5) is 0 Å². The minimum absolute atomic E-state index is 0.639. The normalized spacial score (nSPS) is 10.3. The van der Waals surface area contributed by atoms with Crippen LogP contribution < -0.4 is 0 Å². The third-order valence-corrected chi connectivity index (χ3v) is 3.06. The first-order valence-electron chi connectivity index (χ1n) is 4.42. The maximum Gasteiger partial charge on any atom is 0.0499 e. The van der Waals surface area contributed by atoms with Crippen LogP contribution in [0.3, 0.4) is 0 Å². The third kappa shape index (κ3) is 2.31. The van der Waals surface area contributed by atoms with E-state index >= 15 is 0 Å². The lowest BCUT2D eigenvalue weighted by molar-refractivity contribution is 1.46. The van der Waals surface area contributed by atoms with E-state index in [9.17, 15) is 0 Å². The molecule has 0 unspecified atom stereocenters. The summed E-state index contributed by atoms with van der Waals surface area (Å²) in [6.45, 7) is 0. The first kappa shape index (κ1) is 10.9. The molecule has 0 aromatic heterocycles. The van der Waals surface area contributed by atoms with E-state index in [1.165, 1.54) is 0 Å². The zero-order valence-corrected chi connectivity index (χ0v) is 10.2. The maximum absolute atomic E-state index is 6.12. The van der Waals surface area contributed by atoms with E-state index in [4.69, 9.17) is 23.2 Å². The SMILES string of the molecule is Sc1ccccc1-c1ccc(Cl)cc1Cl. The van der Waals surface area contributed by atoms with Crippen molar-refractivity contribution in [3.05, 3.63) is 52.5 Å². The predicted octanol–water partition coefficient (Wildman–Crippen LogP) is 4.95. The van der Waals surface area contributed by atoms with Crippen molar-refractivity contribution in [2.75, 3.05) is 0 Å². The largest absolute Gasteiger partial charge is 0.143 e. The van der Waals surface area contributed by atoms with E-state index in [-0.39, 0.29) is 0 Å². The molecule has 0 nitrogen and oxygen atoms in total. The summed E-state index contributed by atoms with van der Waals surface area (Å²) < 4.78 is 0. The van der Waals surface area contributed by atoms with Crippen molar-refractivity contribution in [2.45, 2.75) is 4.90 Å². The first-order chi connectivity index (χ1) is 7.18. The summed E-state index contributed by atoms with van der Waals surface area (Å²) in [4.78, 5) is 0.904. The molecule has 0 heterocycles. The van der Waals surface area contributed by atoms with Gasteiger partial charge in [-0.25, -0.2) is 0 Å². The Bertz CT molecular complexity index is 495. The summed E-state index contributed by atoms with van der Waals surface area (Å²) in [7, 11) is 0. The molecule has 0 spiro atoms. The van der Waals surface area contributed by atoms with E-state index in [1.807, 2.05) is 36.4 Å². The van der Waals surface area contributed by atoms with Crippen LogP contribution >= 0.6 is 35.8 Å². The van der Waals surface area contributed by atoms with Crippen molar-refractivity contribution in [3.8, 4) is 11.1 Å². The van der Waals surface area contributed by atoms with E-state index in [1.54, 1.807) is 6.07 Å². The number of thiol groups is 1. The number of benzene rings is 2. The number of hydrogen-bond donors (Lipinski definition) is 1. The molecule has 2 aromatic carbocycles. The van der Waals surface area contributed by atoms with Gasteiger partial charge in [0.2, 0.25) is 0 Å². The monoisotopic (exact) mass is 254 g/mol.